The number of fused-ring (bicyclic) bond motifs is 1. The van der Waals surface area contributed by atoms with Gasteiger partial charge in [0.05, 0.1) is 0 Å². The minimum Gasteiger partial charge on any atom is -0.313 e. The highest BCUT2D eigenvalue weighted by molar-refractivity contribution is 5.40. The number of likely N-dealkylation sites (N-methyl/N-ethyl adjacent to an activating group) is 1. The minimum atomic E-state index is 0.732. The summed E-state index contributed by atoms with van der Waals surface area (Å²) in [5.74, 6) is 0.776. The van der Waals surface area contributed by atoms with Gasteiger partial charge in [0.2, 0.25) is 0 Å². The number of nitrogens with one attached hydrogen (secondary N) is 1. The second-order valence-corrected chi connectivity index (χ2v) is 5.61. The van der Waals surface area contributed by atoms with Crippen LogP contribution in [-0.4, -0.2) is 37.6 Å². The lowest BCUT2D eigenvalue weighted by molar-refractivity contribution is 0.273. The molecular weight excluding hydrogens is 208 g/mol. The predicted molar refractivity (Wildman–Crippen MR) is 71.4 cm³/mol. The summed E-state index contributed by atoms with van der Waals surface area (Å²) in [6, 6.07) is 9.62. The molecule has 1 heterocycles. The minimum absolute atomic E-state index is 0.732. The molecule has 2 nitrogen and oxygen atoms in total. The van der Waals surface area contributed by atoms with Gasteiger partial charge in [0.1, 0.15) is 0 Å². The topological polar surface area (TPSA) is 15.3 Å². The summed E-state index contributed by atoms with van der Waals surface area (Å²) in [6.07, 6.45) is 3.98. The van der Waals surface area contributed by atoms with E-state index in [1.807, 2.05) is 0 Å². The Bertz CT molecular complexity index is 382. The number of hydrogen-bond acceptors (Lipinski definition) is 2. The summed E-state index contributed by atoms with van der Waals surface area (Å²) >= 11 is 0. The van der Waals surface area contributed by atoms with E-state index in [0.717, 1.165) is 12.0 Å². The predicted octanol–water partition coefficient (Wildman–Crippen LogP) is 2.01. The van der Waals surface area contributed by atoms with Crippen molar-refractivity contribution in [1.29, 1.82) is 0 Å². The molecule has 1 aromatic carbocycles. The Morgan fingerprint density at radius 3 is 2.94 bits per heavy atom. The second-order valence-electron chi connectivity index (χ2n) is 5.61. The monoisotopic (exact) mass is 230 g/mol. The quantitative estimate of drug-likeness (QED) is 0.851. The van der Waals surface area contributed by atoms with Crippen molar-refractivity contribution in [1.82, 2.24) is 10.2 Å². The van der Waals surface area contributed by atoms with E-state index in [1.165, 1.54) is 38.9 Å². The molecule has 1 fully saturated rings. The molecule has 17 heavy (non-hydrogen) atoms. The Labute approximate surface area is 104 Å². The molecule has 1 saturated heterocycles. The van der Waals surface area contributed by atoms with E-state index in [1.54, 1.807) is 11.1 Å². The lowest BCUT2D eigenvalue weighted by Gasteiger charge is -2.34. The van der Waals surface area contributed by atoms with Crippen molar-refractivity contribution in [2.24, 2.45) is 0 Å². The zero-order chi connectivity index (χ0) is 11.7. The lowest BCUT2D eigenvalue weighted by atomic mass is 9.77. The van der Waals surface area contributed by atoms with Gasteiger partial charge in [-0.3, -0.25) is 0 Å². The molecule has 92 valence electrons. The Hall–Kier alpha value is -0.860. The third-order valence-electron chi connectivity index (χ3n) is 4.19. The molecule has 1 aliphatic heterocycles. The van der Waals surface area contributed by atoms with Gasteiger partial charge in [0, 0.05) is 25.0 Å². The first-order chi connectivity index (χ1) is 8.33. The summed E-state index contributed by atoms with van der Waals surface area (Å²) in [5.41, 5.74) is 3.14. The number of nitrogens with zero attached hydrogens (tertiary/aromatic N) is 1. The maximum atomic E-state index is 3.57. The van der Waals surface area contributed by atoms with E-state index in [4.69, 9.17) is 0 Å². The van der Waals surface area contributed by atoms with Gasteiger partial charge in [0.15, 0.2) is 0 Å². The highest BCUT2D eigenvalue weighted by atomic mass is 15.1. The molecule has 0 radical (unpaired) electrons. The Morgan fingerprint density at radius 1 is 1.29 bits per heavy atom. The SMILES string of the molecule is CN(CC1CCCN1)CC1Cc2ccccc21. The maximum absolute atomic E-state index is 3.57. The van der Waals surface area contributed by atoms with E-state index in [9.17, 15) is 0 Å². The molecule has 1 aliphatic carbocycles. The first kappa shape index (κ1) is 11.2. The van der Waals surface area contributed by atoms with Crippen molar-refractivity contribution in [3.05, 3.63) is 35.4 Å². The second kappa shape index (κ2) is 4.79. The van der Waals surface area contributed by atoms with Crippen molar-refractivity contribution < 1.29 is 0 Å². The highest BCUT2D eigenvalue weighted by Crippen LogP contribution is 2.35. The summed E-state index contributed by atoms with van der Waals surface area (Å²) in [5, 5.41) is 3.57. The fourth-order valence-electron chi connectivity index (χ4n) is 3.27. The van der Waals surface area contributed by atoms with E-state index in [0.29, 0.717) is 0 Å². The van der Waals surface area contributed by atoms with Gasteiger partial charge < -0.3 is 10.2 Å². The lowest BCUT2D eigenvalue weighted by Crippen LogP contribution is -2.39. The smallest absolute Gasteiger partial charge is 0.0195 e. The number of rotatable bonds is 4. The molecule has 0 saturated carbocycles. The summed E-state index contributed by atoms with van der Waals surface area (Å²) < 4.78 is 0. The summed E-state index contributed by atoms with van der Waals surface area (Å²) in [4.78, 5) is 2.50. The van der Waals surface area contributed by atoms with Gasteiger partial charge in [-0.05, 0) is 44.0 Å². The molecule has 0 aromatic heterocycles. The molecule has 1 N–H and O–H groups in total. The van der Waals surface area contributed by atoms with Gasteiger partial charge in [0.25, 0.3) is 0 Å². The Balaban J connectivity index is 1.51. The highest BCUT2D eigenvalue weighted by Gasteiger charge is 2.27. The average Bonchev–Trinajstić information content (AvgIpc) is 2.79. The molecule has 3 rings (SSSR count). The van der Waals surface area contributed by atoms with Crippen molar-refractivity contribution in [3.8, 4) is 0 Å². The van der Waals surface area contributed by atoms with Crippen LogP contribution < -0.4 is 5.32 Å². The molecule has 0 bridgehead atoms. The van der Waals surface area contributed by atoms with E-state index in [-0.39, 0.29) is 0 Å². The molecule has 2 heteroatoms. The fraction of sp³-hybridized carbons (Fsp3) is 0.600. The van der Waals surface area contributed by atoms with E-state index >= 15 is 0 Å². The van der Waals surface area contributed by atoms with Gasteiger partial charge in [-0.1, -0.05) is 24.3 Å². The van der Waals surface area contributed by atoms with Crippen LogP contribution in [0.25, 0.3) is 0 Å². The third kappa shape index (κ3) is 2.38. The van der Waals surface area contributed by atoms with Crippen molar-refractivity contribution in [3.63, 3.8) is 0 Å². The fourth-order valence-corrected chi connectivity index (χ4v) is 3.27. The first-order valence-electron chi connectivity index (χ1n) is 6.82. The van der Waals surface area contributed by atoms with Crippen LogP contribution in [0, 0.1) is 0 Å². The number of hydrogen-bond donors (Lipinski definition) is 1. The van der Waals surface area contributed by atoms with E-state index < -0.39 is 0 Å². The van der Waals surface area contributed by atoms with Gasteiger partial charge in [-0.15, -0.1) is 0 Å². The van der Waals surface area contributed by atoms with Crippen LogP contribution >= 0.6 is 0 Å². The van der Waals surface area contributed by atoms with Gasteiger partial charge in [-0.25, -0.2) is 0 Å². The van der Waals surface area contributed by atoms with Crippen LogP contribution in [0.1, 0.15) is 29.9 Å². The van der Waals surface area contributed by atoms with Crippen LogP contribution in [0.15, 0.2) is 24.3 Å². The standard InChI is InChI=1S/C15H22N2/c1-17(11-14-6-4-8-16-14)10-13-9-12-5-2-3-7-15(12)13/h2-3,5,7,13-14,16H,4,6,8-11H2,1H3. The van der Waals surface area contributed by atoms with Crippen LogP contribution in [0.5, 0.6) is 0 Å². The molecule has 0 amide bonds. The third-order valence-corrected chi connectivity index (χ3v) is 4.19. The first-order valence-corrected chi connectivity index (χ1v) is 6.82. The van der Waals surface area contributed by atoms with Crippen LogP contribution in [0.2, 0.25) is 0 Å². The van der Waals surface area contributed by atoms with Crippen LogP contribution in [0.4, 0.5) is 0 Å². The zero-order valence-electron chi connectivity index (χ0n) is 10.7. The van der Waals surface area contributed by atoms with Crippen LogP contribution in [0.3, 0.4) is 0 Å². The Kier molecular flexibility index (Phi) is 3.17. The van der Waals surface area contributed by atoms with Crippen molar-refractivity contribution >= 4 is 0 Å². The van der Waals surface area contributed by atoms with Gasteiger partial charge in [-0.2, -0.15) is 0 Å². The summed E-state index contributed by atoms with van der Waals surface area (Å²) in [6.45, 7) is 3.64. The molecular formula is C15H22N2. The molecule has 2 unspecified atom stereocenters. The molecule has 2 atom stereocenters. The Morgan fingerprint density at radius 2 is 2.18 bits per heavy atom. The van der Waals surface area contributed by atoms with Crippen molar-refractivity contribution in [2.75, 3.05) is 26.7 Å². The zero-order valence-corrected chi connectivity index (χ0v) is 10.7. The van der Waals surface area contributed by atoms with E-state index in [2.05, 4.69) is 41.5 Å². The normalized spacial score (nSPS) is 26.9. The molecule has 2 aliphatic rings. The van der Waals surface area contributed by atoms with Crippen molar-refractivity contribution in [2.45, 2.75) is 31.2 Å². The van der Waals surface area contributed by atoms with Crippen LogP contribution in [-0.2, 0) is 6.42 Å². The molecule has 0 spiro atoms. The largest absolute Gasteiger partial charge is 0.313 e. The molecule has 1 aromatic rings. The number of benzene rings is 1. The average molecular weight is 230 g/mol. The maximum Gasteiger partial charge on any atom is 0.0195 e. The summed E-state index contributed by atoms with van der Waals surface area (Å²) in [7, 11) is 2.26. The van der Waals surface area contributed by atoms with Gasteiger partial charge >= 0.3 is 0 Å².